The first kappa shape index (κ1) is 23.5. The van der Waals surface area contributed by atoms with Gasteiger partial charge in [-0.2, -0.15) is 0 Å². The second-order valence-electron chi connectivity index (χ2n) is 7.80. The van der Waals surface area contributed by atoms with E-state index in [9.17, 15) is 9.59 Å². The molecule has 2 aromatic rings. The van der Waals surface area contributed by atoms with Crippen molar-refractivity contribution in [2.75, 3.05) is 6.61 Å². The first-order valence-electron chi connectivity index (χ1n) is 10.7. The Balaban J connectivity index is 2.23. The Bertz CT molecular complexity index is 850. The van der Waals surface area contributed by atoms with Crippen LogP contribution in [0, 0.1) is 13.8 Å². The molecular formula is C25H34N2O3. The molecule has 2 rings (SSSR count). The minimum absolute atomic E-state index is 0.0607. The van der Waals surface area contributed by atoms with Crippen molar-refractivity contribution in [3.63, 3.8) is 0 Å². The zero-order chi connectivity index (χ0) is 22.1. The van der Waals surface area contributed by atoms with Crippen molar-refractivity contribution >= 4 is 11.8 Å². The van der Waals surface area contributed by atoms with E-state index in [1.54, 1.807) is 4.90 Å². The molecule has 2 amide bonds. The molecule has 2 atom stereocenters. The average molecular weight is 411 g/mol. The molecule has 0 bridgehead atoms. The Kier molecular flexibility index (Phi) is 8.90. The summed E-state index contributed by atoms with van der Waals surface area (Å²) in [5.41, 5.74) is 3.18. The van der Waals surface area contributed by atoms with Crippen molar-refractivity contribution in [2.45, 2.75) is 66.1 Å². The number of hydrogen-bond donors (Lipinski definition) is 1. The van der Waals surface area contributed by atoms with Gasteiger partial charge in [-0.15, -0.1) is 0 Å². The van der Waals surface area contributed by atoms with E-state index in [1.165, 1.54) is 0 Å². The zero-order valence-electron chi connectivity index (χ0n) is 18.8. The first-order chi connectivity index (χ1) is 14.3. The molecule has 0 saturated heterocycles. The van der Waals surface area contributed by atoms with Gasteiger partial charge in [0.1, 0.15) is 11.8 Å². The number of hydrogen-bond acceptors (Lipinski definition) is 3. The summed E-state index contributed by atoms with van der Waals surface area (Å²) in [6.45, 7) is 10.2. The van der Waals surface area contributed by atoms with Crippen LogP contribution in [0.25, 0.3) is 0 Å². The summed E-state index contributed by atoms with van der Waals surface area (Å²) in [6, 6.07) is 15.0. The minimum Gasteiger partial charge on any atom is -0.484 e. The number of nitrogens with zero attached hydrogens (tertiary/aromatic N) is 1. The van der Waals surface area contributed by atoms with Gasteiger partial charge in [0, 0.05) is 12.6 Å². The second-order valence-corrected chi connectivity index (χ2v) is 7.80. The number of aryl methyl sites for hydroxylation is 2. The standard InChI is InChI=1S/C25H34N2O3/c1-6-20(5)26-25(29)23(7-2)27(16-21-13-9-8-12-19(21)4)24(28)17-30-22-14-10-11-18(3)15-22/h8-15,20,23H,6-7,16-17H2,1-5H3,(H,26,29)/t20-,23-/m0/s1. The van der Waals surface area contributed by atoms with E-state index in [0.29, 0.717) is 18.7 Å². The van der Waals surface area contributed by atoms with Crippen LogP contribution >= 0.6 is 0 Å². The lowest BCUT2D eigenvalue weighted by molar-refractivity contribution is -0.143. The van der Waals surface area contributed by atoms with Gasteiger partial charge in [-0.25, -0.2) is 0 Å². The first-order valence-corrected chi connectivity index (χ1v) is 10.7. The molecule has 0 saturated carbocycles. The summed E-state index contributed by atoms with van der Waals surface area (Å²) in [4.78, 5) is 27.8. The maximum absolute atomic E-state index is 13.2. The van der Waals surface area contributed by atoms with Gasteiger partial charge in [-0.1, -0.05) is 50.2 Å². The number of amides is 2. The summed E-state index contributed by atoms with van der Waals surface area (Å²) in [6.07, 6.45) is 1.37. The molecule has 1 N–H and O–H groups in total. The third-order valence-corrected chi connectivity index (χ3v) is 5.34. The Morgan fingerprint density at radius 1 is 1.03 bits per heavy atom. The van der Waals surface area contributed by atoms with Crippen LogP contribution in [0.3, 0.4) is 0 Å². The molecule has 0 aliphatic heterocycles. The predicted molar refractivity (Wildman–Crippen MR) is 120 cm³/mol. The number of rotatable bonds is 10. The monoisotopic (exact) mass is 410 g/mol. The lowest BCUT2D eigenvalue weighted by Gasteiger charge is -2.31. The fourth-order valence-electron chi connectivity index (χ4n) is 3.26. The van der Waals surface area contributed by atoms with Gasteiger partial charge in [-0.05, 0) is 62.4 Å². The molecule has 0 aliphatic carbocycles. The number of benzene rings is 2. The molecule has 2 aromatic carbocycles. The van der Waals surface area contributed by atoms with Gasteiger partial charge < -0.3 is 15.0 Å². The highest BCUT2D eigenvalue weighted by atomic mass is 16.5. The van der Waals surface area contributed by atoms with Crippen LogP contribution in [0.15, 0.2) is 48.5 Å². The summed E-state index contributed by atoms with van der Waals surface area (Å²) in [5.74, 6) is 0.326. The smallest absolute Gasteiger partial charge is 0.261 e. The number of nitrogens with one attached hydrogen (secondary N) is 1. The minimum atomic E-state index is -0.549. The van der Waals surface area contributed by atoms with Gasteiger partial charge in [0.05, 0.1) is 0 Å². The molecule has 0 radical (unpaired) electrons. The fourth-order valence-corrected chi connectivity index (χ4v) is 3.26. The van der Waals surface area contributed by atoms with Crippen molar-refractivity contribution in [2.24, 2.45) is 0 Å². The zero-order valence-corrected chi connectivity index (χ0v) is 18.8. The van der Waals surface area contributed by atoms with Crippen molar-refractivity contribution in [1.82, 2.24) is 10.2 Å². The maximum atomic E-state index is 13.2. The SMILES string of the molecule is CC[C@H](C)NC(=O)[C@H](CC)N(Cc1ccccc1C)C(=O)COc1cccc(C)c1. The topological polar surface area (TPSA) is 58.6 Å². The highest BCUT2D eigenvalue weighted by Crippen LogP contribution is 2.17. The quantitative estimate of drug-likeness (QED) is 0.631. The second kappa shape index (κ2) is 11.4. The van der Waals surface area contributed by atoms with Gasteiger partial charge in [0.2, 0.25) is 5.91 Å². The third kappa shape index (κ3) is 6.61. The van der Waals surface area contributed by atoms with Crippen molar-refractivity contribution in [3.8, 4) is 5.75 Å². The molecule has 30 heavy (non-hydrogen) atoms. The average Bonchev–Trinajstić information content (AvgIpc) is 2.73. The lowest BCUT2D eigenvalue weighted by Crippen LogP contribution is -2.51. The Hall–Kier alpha value is -2.82. The molecule has 0 fully saturated rings. The van der Waals surface area contributed by atoms with Crippen molar-refractivity contribution in [3.05, 3.63) is 65.2 Å². The third-order valence-electron chi connectivity index (χ3n) is 5.34. The van der Waals surface area contributed by atoms with Crippen LogP contribution < -0.4 is 10.1 Å². The molecule has 0 unspecified atom stereocenters. The highest BCUT2D eigenvalue weighted by Gasteiger charge is 2.29. The van der Waals surface area contributed by atoms with Crippen LogP contribution in [0.2, 0.25) is 0 Å². The van der Waals surface area contributed by atoms with E-state index >= 15 is 0 Å². The molecule has 162 valence electrons. The summed E-state index contributed by atoms with van der Waals surface area (Å²) >= 11 is 0. The Morgan fingerprint density at radius 3 is 2.40 bits per heavy atom. The van der Waals surface area contributed by atoms with Crippen LogP contribution in [0.5, 0.6) is 5.75 Å². The van der Waals surface area contributed by atoms with Crippen LogP contribution in [0.1, 0.15) is 50.3 Å². The van der Waals surface area contributed by atoms with Gasteiger partial charge >= 0.3 is 0 Å². The molecule has 5 nitrogen and oxygen atoms in total. The molecule has 5 heteroatoms. The highest BCUT2D eigenvalue weighted by molar-refractivity contribution is 5.88. The predicted octanol–water partition coefficient (Wildman–Crippen LogP) is 4.40. The molecular weight excluding hydrogens is 376 g/mol. The lowest BCUT2D eigenvalue weighted by atomic mass is 10.1. The van der Waals surface area contributed by atoms with Gasteiger partial charge in [0.25, 0.3) is 5.91 Å². The molecule has 0 aromatic heterocycles. The van der Waals surface area contributed by atoms with E-state index in [2.05, 4.69) is 5.32 Å². The summed E-state index contributed by atoms with van der Waals surface area (Å²) < 4.78 is 5.75. The van der Waals surface area contributed by atoms with E-state index < -0.39 is 6.04 Å². The summed E-state index contributed by atoms with van der Waals surface area (Å²) in [7, 11) is 0. The Morgan fingerprint density at radius 2 is 1.77 bits per heavy atom. The maximum Gasteiger partial charge on any atom is 0.261 e. The number of carbonyl (C=O) groups excluding carboxylic acids is 2. The Labute approximate surface area is 180 Å². The number of carbonyl (C=O) groups is 2. The van der Waals surface area contributed by atoms with E-state index in [-0.39, 0.29) is 24.5 Å². The molecule has 0 heterocycles. The van der Waals surface area contributed by atoms with Crippen molar-refractivity contribution in [1.29, 1.82) is 0 Å². The van der Waals surface area contributed by atoms with Crippen LogP contribution in [0.4, 0.5) is 0 Å². The summed E-state index contributed by atoms with van der Waals surface area (Å²) in [5, 5.41) is 3.02. The van der Waals surface area contributed by atoms with E-state index in [4.69, 9.17) is 4.74 Å². The van der Waals surface area contributed by atoms with Gasteiger partial charge in [0.15, 0.2) is 6.61 Å². The van der Waals surface area contributed by atoms with E-state index in [0.717, 1.165) is 23.1 Å². The van der Waals surface area contributed by atoms with Crippen LogP contribution in [-0.4, -0.2) is 35.4 Å². The normalized spacial score (nSPS) is 12.7. The molecule has 0 aliphatic rings. The largest absolute Gasteiger partial charge is 0.484 e. The molecule has 0 spiro atoms. The van der Waals surface area contributed by atoms with Gasteiger partial charge in [-0.3, -0.25) is 9.59 Å². The van der Waals surface area contributed by atoms with Crippen molar-refractivity contribution < 1.29 is 14.3 Å². The number of ether oxygens (including phenoxy) is 1. The van der Waals surface area contributed by atoms with Crippen LogP contribution in [-0.2, 0) is 16.1 Å². The fraction of sp³-hybridized carbons (Fsp3) is 0.440. The van der Waals surface area contributed by atoms with E-state index in [1.807, 2.05) is 83.1 Å².